The second-order valence-corrected chi connectivity index (χ2v) is 4.66. The van der Waals surface area contributed by atoms with Gasteiger partial charge in [0.15, 0.2) is 5.69 Å². The second kappa shape index (κ2) is 5.03. The van der Waals surface area contributed by atoms with Gasteiger partial charge >= 0.3 is 5.97 Å². The van der Waals surface area contributed by atoms with E-state index in [0.717, 1.165) is 17.7 Å². The van der Waals surface area contributed by atoms with Crippen molar-refractivity contribution in [3.63, 3.8) is 0 Å². The van der Waals surface area contributed by atoms with Crippen molar-refractivity contribution in [3.05, 3.63) is 47.0 Å². The summed E-state index contributed by atoms with van der Waals surface area (Å²) in [7, 11) is 0. The van der Waals surface area contributed by atoms with Crippen molar-refractivity contribution >= 4 is 5.97 Å². The van der Waals surface area contributed by atoms with E-state index in [1.807, 2.05) is 0 Å². The number of hydrogen-bond acceptors (Lipinski definition) is 4. The number of carbonyl (C=O) groups excluding carboxylic acids is 1. The van der Waals surface area contributed by atoms with E-state index >= 15 is 0 Å². The van der Waals surface area contributed by atoms with E-state index in [1.165, 1.54) is 12.1 Å². The van der Waals surface area contributed by atoms with Gasteiger partial charge in [-0.1, -0.05) is 17.3 Å². The summed E-state index contributed by atoms with van der Waals surface area (Å²) < 4.78 is 19.7. The average molecular weight is 275 g/mol. The molecule has 2 aromatic rings. The van der Waals surface area contributed by atoms with Crippen molar-refractivity contribution in [1.29, 1.82) is 0 Å². The molecular weight excluding hydrogens is 261 g/mol. The number of carbonyl (C=O) groups is 1. The zero-order valence-corrected chi connectivity index (χ0v) is 11.0. The molecule has 0 saturated heterocycles. The molecule has 104 valence electrons. The minimum atomic E-state index is -0.437. The minimum Gasteiger partial charge on any atom is -0.461 e. The van der Waals surface area contributed by atoms with Gasteiger partial charge in [-0.25, -0.2) is 13.9 Å². The van der Waals surface area contributed by atoms with Crippen LogP contribution in [-0.4, -0.2) is 27.6 Å². The zero-order valence-electron chi connectivity index (χ0n) is 11.0. The normalized spacial score (nSPS) is 17.0. The van der Waals surface area contributed by atoms with Crippen LogP contribution in [0.15, 0.2) is 24.3 Å². The van der Waals surface area contributed by atoms with E-state index in [0.29, 0.717) is 13.0 Å². The quantitative estimate of drug-likeness (QED) is 0.805. The molecule has 0 N–H and O–H groups in total. The van der Waals surface area contributed by atoms with Gasteiger partial charge in [-0.05, 0) is 37.5 Å². The molecule has 0 aliphatic carbocycles. The number of esters is 1. The molecule has 1 aromatic carbocycles. The monoisotopic (exact) mass is 275 g/mol. The number of halogens is 1. The molecule has 1 atom stereocenters. The topological polar surface area (TPSA) is 57.0 Å². The maximum Gasteiger partial charge on any atom is 0.360 e. The van der Waals surface area contributed by atoms with Crippen LogP contribution in [0.25, 0.3) is 0 Å². The summed E-state index contributed by atoms with van der Waals surface area (Å²) in [6.07, 6.45) is 1.53. The fourth-order valence-corrected chi connectivity index (χ4v) is 2.54. The smallest absolute Gasteiger partial charge is 0.360 e. The molecule has 0 radical (unpaired) electrons. The van der Waals surface area contributed by atoms with Gasteiger partial charge in [0.1, 0.15) is 5.82 Å². The number of nitrogens with zero attached hydrogens (tertiary/aromatic N) is 3. The summed E-state index contributed by atoms with van der Waals surface area (Å²) in [4.78, 5) is 11.8. The van der Waals surface area contributed by atoms with Gasteiger partial charge in [0, 0.05) is 0 Å². The first-order valence-corrected chi connectivity index (χ1v) is 6.57. The van der Waals surface area contributed by atoms with Crippen LogP contribution in [0.1, 0.15) is 41.1 Å². The van der Waals surface area contributed by atoms with E-state index in [-0.39, 0.29) is 17.6 Å². The highest BCUT2D eigenvalue weighted by molar-refractivity contribution is 5.88. The van der Waals surface area contributed by atoms with Crippen LogP contribution in [0.5, 0.6) is 0 Å². The largest absolute Gasteiger partial charge is 0.461 e. The third-order valence-corrected chi connectivity index (χ3v) is 3.46. The first-order valence-electron chi connectivity index (χ1n) is 6.57. The van der Waals surface area contributed by atoms with Crippen LogP contribution in [-0.2, 0) is 11.2 Å². The molecule has 6 heteroatoms. The van der Waals surface area contributed by atoms with Crippen LogP contribution < -0.4 is 0 Å². The van der Waals surface area contributed by atoms with Crippen LogP contribution in [0.3, 0.4) is 0 Å². The second-order valence-electron chi connectivity index (χ2n) is 4.66. The number of fused-ring (bicyclic) bond motifs is 1. The number of benzene rings is 1. The fraction of sp³-hybridized carbons (Fsp3) is 0.357. The van der Waals surface area contributed by atoms with Gasteiger partial charge in [0.25, 0.3) is 0 Å². The molecule has 0 spiro atoms. The van der Waals surface area contributed by atoms with Crippen LogP contribution in [0.2, 0.25) is 0 Å². The molecule has 3 rings (SSSR count). The molecule has 1 unspecified atom stereocenters. The van der Waals surface area contributed by atoms with Gasteiger partial charge in [-0.3, -0.25) is 0 Å². The van der Waals surface area contributed by atoms with Gasteiger partial charge < -0.3 is 4.74 Å². The lowest BCUT2D eigenvalue weighted by Crippen LogP contribution is -2.08. The molecule has 1 aliphatic rings. The Morgan fingerprint density at radius 2 is 2.20 bits per heavy atom. The number of aromatic nitrogens is 3. The van der Waals surface area contributed by atoms with Gasteiger partial charge in [-0.15, -0.1) is 5.10 Å². The van der Waals surface area contributed by atoms with Crippen molar-refractivity contribution in [3.8, 4) is 0 Å². The summed E-state index contributed by atoms with van der Waals surface area (Å²) >= 11 is 0. The summed E-state index contributed by atoms with van der Waals surface area (Å²) in [5.41, 5.74) is 2.04. The highest BCUT2D eigenvalue weighted by Gasteiger charge is 2.31. The first-order chi connectivity index (χ1) is 9.70. The van der Waals surface area contributed by atoms with Crippen LogP contribution in [0.4, 0.5) is 4.39 Å². The molecular formula is C14H14FN3O2. The van der Waals surface area contributed by atoms with Gasteiger partial charge in [0.2, 0.25) is 0 Å². The molecule has 0 fully saturated rings. The molecule has 20 heavy (non-hydrogen) atoms. The number of ether oxygens (including phenoxy) is 1. The van der Waals surface area contributed by atoms with Crippen LogP contribution >= 0.6 is 0 Å². The molecule has 2 heterocycles. The van der Waals surface area contributed by atoms with E-state index < -0.39 is 5.97 Å². The van der Waals surface area contributed by atoms with Crippen LogP contribution in [0, 0.1) is 5.82 Å². The maximum atomic E-state index is 13.0. The highest BCUT2D eigenvalue weighted by Crippen LogP contribution is 2.32. The molecule has 1 aliphatic heterocycles. The zero-order chi connectivity index (χ0) is 14.1. The Bertz CT molecular complexity index is 636. The summed E-state index contributed by atoms with van der Waals surface area (Å²) in [6, 6.07) is 6.33. The third kappa shape index (κ3) is 2.07. The van der Waals surface area contributed by atoms with E-state index in [4.69, 9.17) is 4.74 Å². The summed E-state index contributed by atoms with van der Waals surface area (Å²) in [5, 5.41) is 7.97. The highest BCUT2D eigenvalue weighted by atomic mass is 19.1. The Morgan fingerprint density at radius 1 is 1.45 bits per heavy atom. The van der Waals surface area contributed by atoms with Gasteiger partial charge in [-0.2, -0.15) is 0 Å². The fourth-order valence-electron chi connectivity index (χ4n) is 2.54. The Balaban J connectivity index is 1.91. The molecule has 0 saturated carbocycles. The van der Waals surface area contributed by atoms with E-state index in [9.17, 15) is 9.18 Å². The minimum absolute atomic E-state index is 0.00118. The van der Waals surface area contributed by atoms with Crippen molar-refractivity contribution in [2.75, 3.05) is 6.61 Å². The third-order valence-electron chi connectivity index (χ3n) is 3.46. The first kappa shape index (κ1) is 12.8. The standard InChI is InChI=1S/C14H14FN3O2/c1-2-20-14(19)13-12-8-7-11(18(12)17-16-13)9-3-5-10(15)6-4-9/h3-6,11H,2,7-8H2,1H3. The Morgan fingerprint density at radius 3 is 2.90 bits per heavy atom. The predicted molar refractivity (Wildman–Crippen MR) is 68.8 cm³/mol. The lowest BCUT2D eigenvalue weighted by Gasteiger charge is -2.11. The van der Waals surface area contributed by atoms with Crippen molar-refractivity contribution in [2.24, 2.45) is 0 Å². The van der Waals surface area contributed by atoms with Crippen molar-refractivity contribution < 1.29 is 13.9 Å². The van der Waals surface area contributed by atoms with E-state index in [1.54, 1.807) is 23.7 Å². The molecule has 0 amide bonds. The van der Waals surface area contributed by atoms with Crippen molar-refractivity contribution in [1.82, 2.24) is 15.0 Å². The Hall–Kier alpha value is -2.24. The Labute approximate surface area is 115 Å². The lowest BCUT2D eigenvalue weighted by molar-refractivity contribution is 0.0518. The van der Waals surface area contributed by atoms with Crippen molar-refractivity contribution in [2.45, 2.75) is 25.8 Å². The predicted octanol–water partition coefficient (Wildman–Crippen LogP) is 2.13. The number of rotatable bonds is 3. The maximum absolute atomic E-state index is 13.0. The van der Waals surface area contributed by atoms with Gasteiger partial charge in [0.05, 0.1) is 18.3 Å². The number of hydrogen-bond donors (Lipinski definition) is 0. The molecule has 1 aromatic heterocycles. The Kier molecular flexibility index (Phi) is 3.22. The summed E-state index contributed by atoms with van der Waals surface area (Å²) in [6.45, 7) is 2.06. The SMILES string of the molecule is CCOC(=O)c1nnn2c1CCC2c1ccc(F)cc1. The molecule has 0 bridgehead atoms. The molecule has 5 nitrogen and oxygen atoms in total. The summed E-state index contributed by atoms with van der Waals surface area (Å²) in [5.74, 6) is -0.703. The van der Waals surface area contributed by atoms with E-state index in [2.05, 4.69) is 10.3 Å². The lowest BCUT2D eigenvalue weighted by atomic mass is 10.0. The average Bonchev–Trinajstić information content (AvgIpc) is 3.01.